The first-order valence-electron chi connectivity index (χ1n) is 8.18. The van der Waals surface area contributed by atoms with Gasteiger partial charge in [-0.3, -0.25) is 0 Å². The quantitative estimate of drug-likeness (QED) is 0.882. The van der Waals surface area contributed by atoms with Gasteiger partial charge in [0.2, 0.25) is 0 Å². The summed E-state index contributed by atoms with van der Waals surface area (Å²) in [6.45, 7) is 4.57. The molecule has 26 heavy (non-hydrogen) atoms. The summed E-state index contributed by atoms with van der Waals surface area (Å²) in [4.78, 5) is 26.8. The van der Waals surface area contributed by atoms with Crippen LogP contribution in [0.4, 0.5) is 22.8 Å². The lowest BCUT2D eigenvalue weighted by atomic mass is 10.1. The molecular weight excluding hydrogens is 351 g/mol. The average Bonchev–Trinajstić information content (AvgIpc) is 2.54. The SMILES string of the molecule is COC(=O)N1CC(NC(=O)N(Cc2ccc(C(F)(F)F)cc2)C(C)C)C1. The van der Waals surface area contributed by atoms with E-state index in [4.69, 9.17) is 0 Å². The van der Waals surface area contributed by atoms with E-state index in [-0.39, 0.29) is 24.7 Å². The van der Waals surface area contributed by atoms with Gasteiger partial charge < -0.3 is 19.9 Å². The zero-order valence-corrected chi connectivity index (χ0v) is 14.8. The summed E-state index contributed by atoms with van der Waals surface area (Å²) >= 11 is 0. The Labute approximate surface area is 149 Å². The van der Waals surface area contributed by atoms with Crippen LogP contribution in [0.15, 0.2) is 24.3 Å². The first kappa shape index (κ1) is 19.9. The molecule has 1 heterocycles. The second-order valence-electron chi connectivity index (χ2n) is 6.44. The van der Waals surface area contributed by atoms with Crippen LogP contribution in [-0.2, 0) is 17.5 Å². The number of benzene rings is 1. The Balaban J connectivity index is 1.94. The van der Waals surface area contributed by atoms with Crippen LogP contribution in [0.3, 0.4) is 0 Å². The Morgan fingerprint density at radius 3 is 2.31 bits per heavy atom. The number of ether oxygens (including phenoxy) is 1. The van der Waals surface area contributed by atoms with Gasteiger partial charge in [-0.25, -0.2) is 9.59 Å². The molecule has 1 saturated heterocycles. The van der Waals surface area contributed by atoms with Crippen LogP contribution in [-0.4, -0.2) is 54.2 Å². The Bertz CT molecular complexity index is 641. The third-order valence-corrected chi connectivity index (χ3v) is 4.16. The number of carbonyl (C=O) groups is 2. The maximum absolute atomic E-state index is 12.6. The van der Waals surface area contributed by atoms with Crippen molar-refractivity contribution in [2.24, 2.45) is 0 Å². The smallest absolute Gasteiger partial charge is 0.416 e. The molecule has 0 aliphatic carbocycles. The fourth-order valence-corrected chi connectivity index (χ4v) is 2.59. The first-order valence-corrected chi connectivity index (χ1v) is 8.18. The number of alkyl halides is 3. The van der Waals surface area contributed by atoms with Crippen molar-refractivity contribution in [3.63, 3.8) is 0 Å². The molecular formula is C17H22F3N3O3. The average molecular weight is 373 g/mol. The molecule has 6 nitrogen and oxygen atoms in total. The van der Waals surface area contributed by atoms with E-state index < -0.39 is 17.8 Å². The zero-order valence-electron chi connectivity index (χ0n) is 14.8. The molecule has 0 radical (unpaired) electrons. The summed E-state index contributed by atoms with van der Waals surface area (Å²) in [5.74, 6) is 0. The lowest BCUT2D eigenvalue weighted by Crippen LogP contribution is -2.62. The van der Waals surface area contributed by atoms with E-state index in [1.165, 1.54) is 29.0 Å². The minimum Gasteiger partial charge on any atom is -0.453 e. The largest absolute Gasteiger partial charge is 0.453 e. The summed E-state index contributed by atoms with van der Waals surface area (Å²) in [6.07, 6.45) is -4.83. The molecule has 1 fully saturated rings. The highest BCUT2D eigenvalue weighted by atomic mass is 19.4. The van der Waals surface area contributed by atoms with Crippen molar-refractivity contribution in [3.05, 3.63) is 35.4 Å². The van der Waals surface area contributed by atoms with Gasteiger partial charge in [0.25, 0.3) is 0 Å². The number of nitrogens with one attached hydrogen (secondary N) is 1. The number of likely N-dealkylation sites (tertiary alicyclic amines) is 1. The fourth-order valence-electron chi connectivity index (χ4n) is 2.59. The molecule has 9 heteroatoms. The lowest BCUT2D eigenvalue weighted by Gasteiger charge is -2.39. The molecule has 144 valence electrons. The van der Waals surface area contributed by atoms with Crippen LogP contribution in [0.1, 0.15) is 25.0 Å². The lowest BCUT2D eigenvalue weighted by molar-refractivity contribution is -0.137. The maximum atomic E-state index is 12.6. The molecule has 0 saturated carbocycles. The summed E-state index contributed by atoms with van der Waals surface area (Å²) in [6, 6.07) is 4.11. The summed E-state index contributed by atoms with van der Waals surface area (Å²) in [7, 11) is 1.29. The van der Waals surface area contributed by atoms with Crippen molar-refractivity contribution in [1.29, 1.82) is 0 Å². The van der Waals surface area contributed by atoms with Crippen LogP contribution in [0.2, 0.25) is 0 Å². The molecule has 0 aromatic heterocycles. The Kier molecular flexibility index (Phi) is 5.99. The van der Waals surface area contributed by atoms with Crippen molar-refractivity contribution >= 4 is 12.1 Å². The number of hydrogen-bond acceptors (Lipinski definition) is 3. The highest BCUT2D eigenvalue weighted by molar-refractivity contribution is 5.76. The predicted molar refractivity (Wildman–Crippen MR) is 88.4 cm³/mol. The third-order valence-electron chi connectivity index (χ3n) is 4.16. The second kappa shape index (κ2) is 7.84. The second-order valence-corrected chi connectivity index (χ2v) is 6.44. The third kappa shape index (κ3) is 4.80. The number of urea groups is 1. The normalized spacial score (nSPS) is 14.8. The maximum Gasteiger partial charge on any atom is 0.416 e. The Morgan fingerprint density at radius 1 is 1.27 bits per heavy atom. The van der Waals surface area contributed by atoms with Crippen LogP contribution in [0.5, 0.6) is 0 Å². The Hall–Kier alpha value is -2.45. The highest BCUT2D eigenvalue weighted by Crippen LogP contribution is 2.29. The Morgan fingerprint density at radius 2 is 1.85 bits per heavy atom. The molecule has 0 unspecified atom stereocenters. The molecule has 1 aliphatic heterocycles. The van der Waals surface area contributed by atoms with Crippen LogP contribution >= 0.6 is 0 Å². The number of hydrogen-bond donors (Lipinski definition) is 1. The standard InChI is InChI=1S/C17H22F3N3O3/c1-11(2)23(8-12-4-6-13(7-5-12)17(18,19)20)15(24)21-14-9-22(10-14)16(25)26-3/h4-7,11,14H,8-10H2,1-3H3,(H,21,24). The van der Waals surface area contributed by atoms with Crippen molar-refractivity contribution < 1.29 is 27.5 Å². The molecule has 0 atom stereocenters. The van der Waals surface area contributed by atoms with E-state index in [0.717, 1.165) is 12.1 Å². The minimum absolute atomic E-state index is 0.144. The fraction of sp³-hybridized carbons (Fsp3) is 0.529. The zero-order chi connectivity index (χ0) is 19.5. The summed E-state index contributed by atoms with van der Waals surface area (Å²) in [5.41, 5.74) is -0.120. The van der Waals surface area contributed by atoms with E-state index in [1.54, 1.807) is 0 Å². The van der Waals surface area contributed by atoms with Gasteiger partial charge in [0, 0.05) is 25.7 Å². The van der Waals surface area contributed by atoms with Gasteiger partial charge in [-0.05, 0) is 31.5 Å². The van der Waals surface area contributed by atoms with Gasteiger partial charge in [0.1, 0.15) is 0 Å². The van der Waals surface area contributed by atoms with Crippen LogP contribution in [0, 0.1) is 0 Å². The van der Waals surface area contributed by atoms with Crippen LogP contribution < -0.4 is 5.32 Å². The molecule has 3 amide bonds. The number of halogens is 3. The van der Waals surface area contributed by atoms with E-state index in [0.29, 0.717) is 18.7 Å². The predicted octanol–water partition coefficient (Wildman–Crippen LogP) is 3.08. The minimum atomic E-state index is -4.39. The monoisotopic (exact) mass is 373 g/mol. The molecule has 2 rings (SSSR count). The topological polar surface area (TPSA) is 61.9 Å². The van der Waals surface area contributed by atoms with Gasteiger partial charge in [-0.2, -0.15) is 13.2 Å². The first-order chi connectivity index (χ1) is 12.1. The van der Waals surface area contributed by atoms with Crippen LogP contribution in [0.25, 0.3) is 0 Å². The van der Waals surface area contributed by atoms with Crippen molar-refractivity contribution in [2.45, 2.75) is 38.7 Å². The van der Waals surface area contributed by atoms with Gasteiger partial charge in [0.05, 0.1) is 18.7 Å². The summed E-state index contributed by atoms with van der Waals surface area (Å²) in [5, 5.41) is 2.82. The van der Waals surface area contributed by atoms with E-state index >= 15 is 0 Å². The molecule has 1 aromatic carbocycles. The van der Waals surface area contributed by atoms with Gasteiger partial charge in [0.15, 0.2) is 0 Å². The molecule has 1 aliphatic rings. The number of nitrogens with zero attached hydrogens (tertiary/aromatic N) is 2. The van der Waals surface area contributed by atoms with Crippen molar-refractivity contribution in [3.8, 4) is 0 Å². The molecule has 0 spiro atoms. The van der Waals surface area contributed by atoms with Crippen molar-refractivity contribution in [1.82, 2.24) is 15.1 Å². The van der Waals surface area contributed by atoms with Crippen molar-refractivity contribution in [2.75, 3.05) is 20.2 Å². The summed E-state index contributed by atoms with van der Waals surface area (Å²) < 4.78 is 42.5. The number of methoxy groups -OCH3 is 1. The van der Waals surface area contributed by atoms with Gasteiger partial charge in [-0.1, -0.05) is 12.1 Å². The highest BCUT2D eigenvalue weighted by Gasteiger charge is 2.34. The molecule has 1 aromatic rings. The van der Waals surface area contributed by atoms with Gasteiger partial charge in [-0.15, -0.1) is 0 Å². The molecule has 0 bridgehead atoms. The van der Waals surface area contributed by atoms with E-state index in [1.807, 2.05) is 13.8 Å². The number of carbonyl (C=O) groups excluding carboxylic acids is 2. The van der Waals surface area contributed by atoms with E-state index in [2.05, 4.69) is 10.1 Å². The molecule has 1 N–H and O–H groups in total. The van der Waals surface area contributed by atoms with E-state index in [9.17, 15) is 22.8 Å². The number of rotatable bonds is 4. The number of amides is 3. The van der Waals surface area contributed by atoms with Gasteiger partial charge >= 0.3 is 18.3 Å².